The Morgan fingerprint density at radius 1 is 1.70 bits per heavy atom. The number of aldehydes is 1. The molecule has 1 fully saturated rings. The molecule has 0 saturated carbocycles. The average molecular weight is 142 g/mol. The van der Waals surface area contributed by atoms with Crippen molar-refractivity contribution in [3.63, 3.8) is 0 Å². The number of amides is 2. The highest BCUT2D eigenvalue weighted by atomic mass is 16.2. The fraction of sp³-hybridized carbons (Fsp3) is 0.667. The molecule has 0 aromatic heterocycles. The van der Waals surface area contributed by atoms with Crippen LogP contribution in [0.3, 0.4) is 0 Å². The second-order valence-electron chi connectivity index (χ2n) is 2.17. The summed E-state index contributed by atoms with van der Waals surface area (Å²) in [4.78, 5) is 22.3. The summed E-state index contributed by atoms with van der Waals surface area (Å²) < 4.78 is 0. The van der Waals surface area contributed by atoms with Crippen LogP contribution in [0.25, 0.3) is 0 Å². The monoisotopic (exact) mass is 142 g/mol. The van der Waals surface area contributed by atoms with Crippen molar-refractivity contribution in [2.75, 3.05) is 19.6 Å². The molecule has 4 heteroatoms. The predicted octanol–water partition coefficient (Wildman–Crippen LogP) is -0.399. The minimum Gasteiger partial charge on any atom is -0.336 e. The van der Waals surface area contributed by atoms with E-state index in [2.05, 4.69) is 5.32 Å². The number of hydrogen-bond acceptors (Lipinski definition) is 2. The first-order valence-corrected chi connectivity index (χ1v) is 3.31. The predicted molar refractivity (Wildman–Crippen MR) is 35.7 cm³/mol. The van der Waals surface area contributed by atoms with E-state index in [-0.39, 0.29) is 6.03 Å². The van der Waals surface area contributed by atoms with Crippen LogP contribution < -0.4 is 5.32 Å². The molecular weight excluding hydrogens is 132 g/mol. The van der Waals surface area contributed by atoms with Crippen LogP contribution in [-0.2, 0) is 4.79 Å². The number of carbonyl (C=O) groups excluding carboxylic acids is 2. The average Bonchev–Trinajstić information content (AvgIpc) is 2.31. The third kappa shape index (κ3) is 1.46. The van der Waals surface area contributed by atoms with Crippen LogP contribution in [0, 0.1) is 0 Å². The van der Waals surface area contributed by atoms with E-state index in [1.807, 2.05) is 0 Å². The van der Waals surface area contributed by atoms with Crippen LogP contribution in [0.1, 0.15) is 6.42 Å². The molecule has 0 atom stereocenters. The molecule has 0 spiro atoms. The van der Waals surface area contributed by atoms with Gasteiger partial charge in [0.1, 0.15) is 6.29 Å². The zero-order chi connectivity index (χ0) is 7.40. The Kier molecular flexibility index (Phi) is 2.25. The molecule has 1 saturated heterocycles. The number of carbonyl (C=O) groups is 2. The lowest BCUT2D eigenvalue weighted by molar-refractivity contribution is -0.108. The molecule has 0 aromatic rings. The molecule has 0 bridgehead atoms. The Morgan fingerprint density at radius 2 is 2.50 bits per heavy atom. The maximum atomic E-state index is 10.8. The summed E-state index contributed by atoms with van der Waals surface area (Å²) >= 11 is 0. The van der Waals surface area contributed by atoms with Crippen LogP contribution in [0.15, 0.2) is 0 Å². The molecule has 56 valence electrons. The molecule has 1 heterocycles. The van der Waals surface area contributed by atoms with Crippen molar-refractivity contribution in [3.8, 4) is 0 Å². The van der Waals surface area contributed by atoms with Gasteiger partial charge in [0, 0.05) is 26.1 Å². The molecule has 1 N–H and O–H groups in total. The number of urea groups is 1. The summed E-state index contributed by atoms with van der Waals surface area (Å²) in [6.07, 6.45) is 1.26. The quantitative estimate of drug-likeness (QED) is 0.545. The summed E-state index contributed by atoms with van der Waals surface area (Å²) in [5, 5.41) is 2.65. The van der Waals surface area contributed by atoms with Crippen molar-refractivity contribution in [1.82, 2.24) is 10.2 Å². The third-order valence-corrected chi connectivity index (χ3v) is 1.46. The van der Waals surface area contributed by atoms with E-state index in [1.54, 1.807) is 4.90 Å². The van der Waals surface area contributed by atoms with E-state index in [4.69, 9.17) is 0 Å². The lowest BCUT2D eigenvalue weighted by atomic mass is 10.4. The van der Waals surface area contributed by atoms with E-state index in [0.717, 1.165) is 12.8 Å². The van der Waals surface area contributed by atoms with E-state index in [1.165, 1.54) is 0 Å². The molecule has 0 aromatic carbocycles. The number of rotatable bonds is 3. The highest BCUT2D eigenvalue weighted by Gasteiger charge is 2.17. The van der Waals surface area contributed by atoms with Crippen molar-refractivity contribution < 1.29 is 9.59 Å². The van der Waals surface area contributed by atoms with Gasteiger partial charge in [0.15, 0.2) is 0 Å². The normalized spacial score (nSPS) is 17.2. The first-order valence-electron chi connectivity index (χ1n) is 3.31. The van der Waals surface area contributed by atoms with Gasteiger partial charge < -0.3 is 15.0 Å². The van der Waals surface area contributed by atoms with Gasteiger partial charge >= 0.3 is 6.03 Å². The van der Waals surface area contributed by atoms with Gasteiger partial charge in [-0.2, -0.15) is 0 Å². The van der Waals surface area contributed by atoms with Gasteiger partial charge in [-0.3, -0.25) is 0 Å². The Labute approximate surface area is 59.2 Å². The molecule has 0 radical (unpaired) electrons. The van der Waals surface area contributed by atoms with Crippen molar-refractivity contribution >= 4 is 12.3 Å². The molecule has 0 aliphatic carbocycles. The van der Waals surface area contributed by atoms with E-state index in [9.17, 15) is 9.59 Å². The van der Waals surface area contributed by atoms with Gasteiger partial charge in [0.2, 0.25) is 0 Å². The van der Waals surface area contributed by atoms with Crippen LogP contribution in [-0.4, -0.2) is 36.9 Å². The van der Waals surface area contributed by atoms with Crippen molar-refractivity contribution in [2.45, 2.75) is 6.42 Å². The fourth-order valence-electron chi connectivity index (χ4n) is 0.933. The Balaban J connectivity index is 2.26. The first-order chi connectivity index (χ1) is 4.84. The van der Waals surface area contributed by atoms with Crippen LogP contribution in [0.5, 0.6) is 0 Å². The number of hydrogen-bond donors (Lipinski definition) is 1. The van der Waals surface area contributed by atoms with Gasteiger partial charge in [0.05, 0.1) is 0 Å². The minimum atomic E-state index is -0.0538. The molecule has 1 aliphatic rings. The number of nitrogens with one attached hydrogen (secondary N) is 1. The van der Waals surface area contributed by atoms with Crippen LogP contribution in [0.2, 0.25) is 0 Å². The van der Waals surface area contributed by atoms with Crippen LogP contribution >= 0.6 is 0 Å². The second-order valence-corrected chi connectivity index (χ2v) is 2.17. The maximum absolute atomic E-state index is 10.8. The summed E-state index contributed by atoms with van der Waals surface area (Å²) in [5.74, 6) is 0. The highest BCUT2D eigenvalue weighted by Crippen LogP contribution is 1.95. The Bertz CT molecular complexity index is 147. The fourth-order valence-corrected chi connectivity index (χ4v) is 0.933. The molecule has 10 heavy (non-hydrogen) atoms. The number of nitrogens with zero attached hydrogens (tertiary/aromatic N) is 1. The molecule has 4 nitrogen and oxygen atoms in total. The molecule has 0 unspecified atom stereocenters. The van der Waals surface area contributed by atoms with Gasteiger partial charge in [-0.15, -0.1) is 0 Å². The maximum Gasteiger partial charge on any atom is 0.317 e. The SMILES string of the molecule is O=CCCN1CCNC1=O. The molecule has 1 aliphatic heterocycles. The lowest BCUT2D eigenvalue weighted by Crippen LogP contribution is -2.29. The van der Waals surface area contributed by atoms with Crippen LogP contribution in [0.4, 0.5) is 4.79 Å². The Morgan fingerprint density at radius 3 is 3.00 bits per heavy atom. The van der Waals surface area contributed by atoms with Gasteiger partial charge in [0.25, 0.3) is 0 Å². The highest BCUT2D eigenvalue weighted by molar-refractivity contribution is 5.76. The zero-order valence-corrected chi connectivity index (χ0v) is 5.67. The third-order valence-electron chi connectivity index (χ3n) is 1.46. The smallest absolute Gasteiger partial charge is 0.317 e. The summed E-state index contributed by atoms with van der Waals surface area (Å²) in [6, 6.07) is -0.0538. The van der Waals surface area contributed by atoms with Crippen molar-refractivity contribution in [2.24, 2.45) is 0 Å². The standard InChI is InChI=1S/C6H10N2O2/c9-5-1-3-8-4-2-7-6(8)10/h5H,1-4H2,(H,7,10). The van der Waals surface area contributed by atoms with Crippen molar-refractivity contribution in [3.05, 3.63) is 0 Å². The largest absolute Gasteiger partial charge is 0.336 e. The summed E-state index contributed by atoms with van der Waals surface area (Å²) in [7, 11) is 0. The van der Waals surface area contributed by atoms with Gasteiger partial charge in [-0.1, -0.05) is 0 Å². The summed E-state index contributed by atoms with van der Waals surface area (Å²) in [5.41, 5.74) is 0. The van der Waals surface area contributed by atoms with Gasteiger partial charge in [-0.25, -0.2) is 4.79 Å². The Hall–Kier alpha value is -1.06. The van der Waals surface area contributed by atoms with E-state index >= 15 is 0 Å². The van der Waals surface area contributed by atoms with E-state index < -0.39 is 0 Å². The first kappa shape index (κ1) is 7.05. The zero-order valence-electron chi connectivity index (χ0n) is 5.67. The second kappa shape index (κ2) is 3.20. The minimum absolute atomic E-state index is 0.0538. The molecular formula is C6H10N2O2. The summed E-state index contributed by atoms with van der Waals surface area (Å²) in [6.45, 7) is 1.99. The van der Waals surface area contributed by atoms with Crippen molar-refractivity contribution in [1.29, 1.82) is 0 Å². The molecule has 1 rings (SSSR count). The van der Waals surface area contributed by atoms with E-state index in [0.29, 0.717) is 19.5 Å². The van der Waals surface area contributed by atoms with Gasteiger partial charge in [-0.05, 0) is 0 Å². The molecule has 2 amide bonds. The lowest BCUT2D eigenvalue weighted by Gasteiger charge is -2.10. The topological polar surface area (TPSA) is 49.4 Å².